The first kappa shape index (κ1) is 20.0. The molecule has 0 radical (unpaired) electrons. The smallest absolute Gasteiger partial charge is 0.306 e. The molecule has 1 N–H and O–H groups in total. The van der Waals surface area contributed by atoms with Crippen LogP contribution < -0.4 is 4.74 Å². The van der Waals surface area contributed by atoms with Crippen LogP contribution in [0.1, 0.15) is 43.7 Å². The number of carbonyl (C=O) groups is 1. The summed E-state index contributed by atoms with van der Waals surface area (Å²) in [5.74, 6) is -0.298. The van der Waals surface area contributed by atoms with E-state index in [1.165, 1.54) is 17.7 Å². The topological polar surface area (TPSA) is 46.5 Å². The van der Waals surface area contributed by atoms with E-state index in [-0.39, 0.29) is 11.7 Å². The molecule has 0 aromatic heterocycles. The second-order valence-electron chi connectivity index (χ2n) is 6.56. The zero-order chi connectivity index (χ0) is 18.8. The van der Waals surface area contributed by atoms with Gasteiger partial charge in [-0.15, -0.1) is 0 Å². The number of rotatable bonds is 11. The quantitative estimate of drug-likeness (QED) is 0.557. The van der Waals surface area contributed by atoms with Crippen molar-refractivity contribution in [1.29, 1.82) is 0 Å². The first-order valence-electron chi connectivity index (χ1n) is 9.27. The molecular weight excluding hydrogens is 331 g/mol. The zero-order valence-corrected chi connectivity index (χ0v) is 15.3. The third kappa shape index (κ3) is 6.87. The van der Waals surface area contributed by atoms with Crippen molar-refractivity contribution in [3.8, 4) is 5.75 Å². The molecule has 0 amide bonds. The van der Waals surface area contributed by atoms with Crippen LogP contribution >= 0.6 is 0 Å². The highest BCUT2D eigenvalue weighted by atomic mass is 19.1. The molecule has 0 aliphatic carbocycles. The minimum atomic E-state index is -0.686. The molecule has 0 bridgehead atoms. The van der Waals surface area contributed by atoms with E-state index in [0.29, 0.717) is 13.0 Å². The van der Waals surface area contributed by atoms with Gasteiger partial charge in [0.15, 0.2) is 0 Å². The number of hydrogen-bond acceptors (Lipinski definition) is 2. The molecule has 0 saturated heterocycles. The number of carboxylic acids is 1. The van der Waals surface area contributed by atoms with E-state index in [9.17, 15) is 9.18 Å². The van der Waals surface area contributed by atoms with Crippen LogP contribution in [0.5, 0.6) is 5.75 Å². The molecule has 1 unspecified atom stereocenters. The minimum Gasteiger partial charge on any atom is -0.493 e. The van der Waals surface area contributed by atoms with Crippen molar-refractivity contribution in [3.63, 3.8) is 0 Å². The number of aryl methyl sites for hydroxylation is 1. The lowest BCUT2D eigenvalue weighted by molar-refractivity contribution is -0.142. The van der Waals surface area contributed by atoms with Crippen molar-refractivity contribution in [2.45, 2.75) is 45.4 Å². The van der Waals surface area contributed by atoms with Gasteiger partial charge in [-0.1, -0.05) is 37.6 Å². The average molecular weight is 358 g/mol. The van der Waals surface area contributed by atoms with Crippen LogP contribution in [0.3, 0.4) is 0 Å². The van der Waals surface area contributed by atoms with Crippen LogP contribution in [-0.4, -0.2) is 17.7 Å². The molecule has 0 heterocycles. The summed E-state index contributed by atoms with van der Waals surface area (Å²) in [5, 5.41) is 9.05. The van der Waals surface area contributed by atoms with Gasteiger partial charge in [-0.3, -0.25) is 4.79 Å². The average Bonchev–Trinajstić information content (AvgIpc) is 2.64. The molecule has 0 saturated carbocycles. The maximum absolute atomic E-state index is 12.9. The fraction of sp³-hybridized carbons (Fsp3) is 0.409. The van der Waals surface area contributed by atoms with Gasteiger partial charge >= 0.3 is 5.97 Å². The van der Waals surface area contributed by atoms with E-state index in [1.807, 2.05) is 19.1 Å². The van der Waals surface area contributed by atoms with E-state index in [1.54, 1.807) is 12.1 Å². The van der Waals surface area contributed by atoms with Crippen molar-refractivity contribution >= 4 is 5.97 Å². The molecule has 4 heteroatoms. The second kappa shape index (κ2) is 10.6. The summed E-state index contributed by atoms with van der Waals surface area (Å²) in [4.78, 5) is 11.0. The summed E-state index contributed by atoms with van der Waals surface area (Å²) in [6, 6.07) is 14.5. The van der Waals surface area contributed by atoms with E-state index in [0.717, 1.165) is 43.4 Å². The fourth-order valence-electron chi connectivity index (χ4n) is 2.91. The number of hydrogen-bond donors (Lipinski definition) is 1. The van der Waals surface area contributed by atoms with Crippen molar-refractivity contribution in [3.05, 3.63) is 65.5 Å². The van der Waals surface area contributed by atoms with E-state index in [2.05, 4.69) is 12.1 Å². The van der Waals surface area contributed by atoms with E-state index < -0.39 is 5.97 Å². The monoisotopic (exact) mass is 358 g/mol. The molecule has 26 heavy (non-hydrogen) atoms. The number of halogens is 1. The van der Waals surface area contributed by atoms with Gasteiger partial charge in [-0.05, 0) is 61.1 Å². The summed E-state index contributed by atoms with van der Waals surface area (Å²) in [5.41, 5.74) is 2.29. The summed E-state index contributed by atoms with van der Waals surface area (Å²) in [7, 11) is 0. The number of aliphatic carboxylic acids is 1. The summed E-state index contributed by atoms with van der Waals surface area (Å²) in [6.07, 6.45) is 5.06. The molecule has 3 nitrogen and oxygen atoms in total. The maximum Gasteiger partial charge on any atom is 0.306 e. The second-order valence-corrected chi connectivity index (χ2v) is 6.56. The number of benzene rings is 2. The Labute approximate surface area is 154 Å². The molecule has 0 aliphatic rings. The SMILES string of the molecule is CCC(CCCCc1ccc(OCCc2ccc(F)cc2)cc1)C(=O)O. The van der Waals surface area contributed by atoms with Gasteiger partial charge in [0.2, 0.25) is 0 Å². The Morgan fingerprint density at radius 3 is 2.23 bits per heavy atom. The number of unbranched alkanes of at least 4 members (excludes halogenated alkanes) is 1. The predicted molar refractivity (Wildman–Crippen MR) is 101 cm³/mol. The molecule has 1 atom stereocenters. The standard InChI is InChI=1S/C22H27FO3/c1-2-19(22(24)25)6-4-3-5-17-9-13-21(14-10-17)26-16-15-18-7-11-20(23)12-8-18/h7-14,19H,2-6,15-16H2,1H3,(H,24,25). The fourth-order valence-corrected chi connectivity index (χ4v) is 2.91. The normalized spacial score (nSPS) is 11.9. The Morgan fingerprint density at radius 1 is 1.00 bits per heavy atom. The summed E-state index contributed by atoms with van der Waals surface area (Å²) in [6.45, 7) is 2.48. The molecule has 0 fully saturated rings. The van der Waals surface area contributed by atoms with Crippen LogP contribution in [0, 0.1) is 11.7 Å². The van der Waals surface area contributed by atoms with Crippen LogP contribution in [0.25, 0.3) is 0 Å². The van der Waals surface area contributed by atoms with Gasteiger partial charge < -0.3 is 9.84 Å². The Kier molecular flexibility index (Phi) is 8.13. The van der Waals surface area contributed by atoms with E-state index >= 15 is 0 Å². The highest BCUT2D eigenvalue weighted by molar-refractivity contribution is 5.69. The minimum absolute atomic E-state index is 0.216. The Morgan fingerprint density at radius 2 is 1.62 bits per heavy atom. The lowest BCUT2D eigenvalue weighted by atomic mass is 9.97. The number of ether oxygens (including phenoxy) is 1. The maximum atomic E-state index is 12.9. The summed E-state index contributed by atoms with van der Waals surface area (Å²) < 4.78 is 18.6. The molecule has 140 valence electrons. The van der Waals surface area contributed by atoms with Gasteiger partial charge in [0.1, 0.15) is 11.6 Å². The van der Waals surface area contributed by atoms with Crippen LogP contribution in [0.15, 0.2) is 48.5 Å². The van der Waals surface area contributed by atoms with Crippen molar-refractivity contribution in [2.24, 2.45) is 5.92 Å². The Balaban J connectivity index is 1.67. The van der Waals surface area contributed by atoms with Crippen molar-refractivity contribution < 1.29 is 19.0 Å². The van der Waals surface area contributed by atoms with Crippen LogP contribution in [0.4, 0.5) is 4.39 Å². The van der Waals surface area contributed by atoms with Gasteiger partial charge in [0, 0.05) is 6.42 Å². The highest BCUT2D eigenvalue weighted by Gasteiger charge is 2.13. The Hall–Kier alpha value is -2.36. The molecule has 2 aromatic carbocycles. The van der Waals surface area contributed by atoms with Crippen LogP contribution in [0.2, 0.25) is 0 Å². The molecule has 0 spiro atoms. The van der Waals surface area contributed by atoms with Gasteiger partial charge in [0.05, 0.1) is 12.5 Å². The lowest BCUT2D eigenvalue weighted by Crippen LogP contribution is -2.12. The van der Waals surface area contributed by atoms with Crippen molar-refractivity contribution in [1.82, 2.24) is 0 Å². The molecule has 2 rings (SSSR count). The third-order valence-corrected chi connectivity index (χ3v) is 4.61. The summed E-state index contributed by atoms with van der Waals surface area (Å²) >= 11 is 0. The third-order valence-electron chi connectivity index (χ3n) is 4.61. The van der Waals surface area contributed by atoms with Crippen molar-refractivity contribution in [2.75, 3.05) is 6.61 Å². The van der Waals surface area contributed by atoms with Gasteiger partial charge in [-0.25, -0.2) is 4.39 Å². The zero-order valence-electron chi connectivity index (χ0n) is 15.3. The molecular formula is C22H27FO3. The molecule has 2 aromatic rings. The largest absolute Gasteiger partial charge is 0.493 e. The predicted octanol–water partition coefficient (Wildman–Crippen LogP) is 5.27. The lowest BCUT2D eigenvalue weighted by Gasteiger charge is -2.10. The van der Waals surface area contributed by atoms with Gasteiger partial charge in [0.25, 0.3) is 0 Å². The highest BCUT2D eigenvalue weighted by Crippen LogP contribution is 2.17. The first-order chi connectivity index (χ1) is 12.6. The molecule has 0 aliphatic heterocycles. The van der Waals surface area contributed by atoms with Crippen LogP contribution in [-0.2, 0) is 17.6 Å². The first-order valence-corrected chi connectivity index (χ1v) is 9.27. The van der Waals surface area contributed by atoms with E-state index in [4.69, 9.17) is 9.84 Å². The number of carboxylic acid groups (broad SMARTS) is 1. The Bertz CT molecular complexity index is 665. The van der Waals surface area contributed by atoms with Gasteiger partial charge in [-0.2, -0.15) is 0 Å².